The van der Waals surface area contributed by atoms with Crippen molar-refractivity contribution < 1.29 is 22.0 Å². The Labute approximate surface area is 134 Å². The molecule has 2 aromatic rings. The summed E-state index contributed by atoms with van der Waals surface area (Å²) in [5.41, 5.74) is 1.13. The molecule has 0 saturated heterocycles. The molecule has 2 aromatic carbocycles. The van der Waals surface area contributed by atoms with Crippen molar-refractivity contribution in [3.05, 3.63) is 59.2 Å². The minimum atomic E-state index is -4.29. The van der Waals surface area contributed by atoms with Crippen molar-refractivity contribution in [3.63, 3.8) is 0 Å². The second kappa shape index (κ2) is 7.21. The molecule has 0 atom stereocenters. The van der Waals surface area contributed by atoms with E-state index in [1.54, 1.807) is 13.0 Å². The molecule has 0 bridgehead atoms. The van der Waals surface area contributed by atoms with Gasteiger partial charge in [0.1, 0.15) is 11.6 Å². The van der Waals surface area contributed by atoms with Crippen LogP contribution in [0.3, 0.4) is 0 Å². The monoisotopic (exact) mass is 347 g/mol. The van der Waals surface area contributed by atoms with Gasteiger partial charge in [0.25, 0.3) is 0 Å². The van der Waals surface area contributed by atoms with Crippen LogP contribution >= 0.6 is 11.8 Å². The second-order valence-electron chi connectivity index (χ2n) is 4.98. The first-order chi connectivity index (χ1) is 10.7. The van der Waals surface area contributed by atoms with Crippen LogP contribution in [0.25, 0.3) is 0 Å². The lowest BCUT2D eigenvalue weighted by molar-refractivity contribution is -0.105. The molecule has 124 valence electrons. The molecule has 1 N–H and O–H groups in total. The van der Waals surface area contributed by atoms with E-state index in [1.807, 2.05) is 0 Å². The Morgan fingerprint density at radius 1 is 1.09 bits per heavy atom. The molecule has 0 radical (unpaired) electrons. The van der Waals surface area contributed by atoms with Crippen LogP contribution in [0.4, 0.5) is 27.6 Å². The van der Waals surface area contributed by atoms with E-state index in [4.69, 9.17) is 0 Å². The van der Waals surface area contributed by atoms with Gasteiger partial charge in [-0.3, -0.25) is 0 Å². The van der Waals surface area contributed by atoms with E-state index in [-0.39, 0.29) is 12.2 Å². The van der Waals surface area contributed by atoms with Crippen LogP contribution < -0.4 is 5.32 Å². The third-order valence-electron chi connectivity index (χ3n) is 3.03. The van der Waals surface area contributed by atoms with Gasteiger partial charge in [0.2, 0.25) is 0 Å². The molecule has 0 saturated carbocycles. The highest BCUT2D eigenvalue weighted by molar-refractivity contribution is 7.99. The summed E-state index contributed by atoms with van der Waals surface area (Å²) in [5, 5.41) is 2.78. The Kier molecular flexibility index (Phi) is 5.51. The van der Waals surface area contributed by atoms with Gasteiger partial charge in [-0.2, -0.15) is 13.2 Å². The first-order valence-electron chi connectivity index (χ1n) is 6.72. The summed E-state index contributed by atoms with van der Waals surface area (Å²) >= 11 is 0.609. The summed E-state index contributed by atoms with van der Waals surface area (Å²) in [5.74, 6) is -2.01. The molecule has 1 nitrogen and oxygen atoms in total. The topological polar surface area (TPSA) is 12.0 Å². The average Bonchev–Trinajstić information content (AvgIpc) is 2.44. The van der Waals surface area contributed by atoms with E-state index in [1.165, 1.54) is 30.3 Å². The van der Waals surface area contributed by atoms with Crippen LogP contribution in [-0.4, -0.2) is 11.9 Å². The molecule has 0 spiro atoms. The lowest BCUT2D eigenvalue weighted by Crippen LogP contribution is -2.11. The fraction of sp³-hybridized carbons (Fsp3) is 0.250. The maximum Gasteiger partial charge on any atom is 0.398 e. The fourth-order valence-electron chi connectivity index (χ4n) is 1.95. The summed E-state index contributed by atoms with van der Waals surface area (Å²) in [6.07, 6.45) is -4.29. The van der Waals surface area contributed by atoms with Gasteiger partial charge in [-0.25, -0.2) is 8.78 Å². The lowest BCUT2D eigenvalue weighted by atomic mass is 10.2. The standard InChI is InChI=1S/C16H14F5NS/c1-10-5-13(18)14(7-15(10)23-9-16(19,20)21)22-8-11-3-2-4-12(17)6-11/h2-7,22H,8-9H2,1H3. The van der Waals surface area contributed by atoms with Crippen LogP contribution in [0.5, 0.6) is 0 Å². The van der Waals surface area contributed by atoms with Crippen LogP contribution in [0, 0.1) is 18.6 Å². The summed E-state index contributed by atoms with van der Waals surface area (Å²) in [7, 11) is 0. The number of alkyl halides is 3. The predicted molar refractivity (Wildman–Crippen MR) is 81.6 cm³/mol. The number of nitrogens with one attached hydrogen (secondary N) is 1. The van der Waals surface area contributed by atoms with Gasteiger partial charge >= 0.3 is 6.18 Å². The van der Waals surface area contributed by atoms with Crippen LogP contribution in [0.15, 0.2) is 41.3 Å². The number of hydrogen-bond donors (Lipinski definition) is 1. The molecular weight excluding hydrogens is 333 g/mol. The molecule has 0 aliphatic heterocycles. The third-order valence-corrected chi connectivity index (χ3v) is 4.25. The smallest absolute Gasteiger partial charge is 0.379 e. The number of rotatable bonds is 5. The van der Waals surface area contributed by atoms with Crippen LogP contribution in [0.2, 0.25) is 0 Å². The highest BCUT2D eigenvalue weighted by atomic mass is 32.2. The van der Waals surface area contributed by atoms with Gasteiger partial charge in [-0.1, -0.05) is 12.1 Å². The van der Waals surface area contributed by atoms with E-state index in [9.17, 15) is 22.0 Å². The molecule has 0 aliphatic carbocycles. The largest absolute Gasteiger partial charge is 0.398 e. The molecular formula is C16H14F5NS. The SMILES string of the molecule is Cc1cc(F)c(NCc2cccc(F)c2)cc1SCC(F)(F)F. The number of thioether (sulfide) groups is 1. The van der Waals surface area contributed by atoms with Gasteiger partial charge in [-0.15, -0.1) is 11.8 Å². The summed E-state index contributed by atoms with van der Waals surface area (Å²) in [4.78, 5) is 0.352. The molecule has 2 rings (SSSR count). The highest BCUT2D eigenvalue weighted by Gasteiger charge is 2.27. The van der Waals surface area contributed by atoms with Gasteiger partial charge in [0, 0.05) is 11.4 Å². The Bertz CT molecular complexity index is 685. The summed E-state index contributed by atoms with van der Waals surface area (Å²) in [6, 6.07) is 8.33. The molecule has 0 aromatic heterocycles. The van der Waals surface area contributed by atoms with Crippen molar-refractivity contribution in [3.8, 4) is 0 Å². The number of aryl methyl sites for hydroxylation is 1. The molecule has 0 unspecified atom stereocenters. The average molecular weight is 347 g/mol. The molecule has 0 fully saturated rings. The maximum absolute atomic E-state index is 13.9. The third kappa shape index (κ3) is 5.42. The molecule has 0 heterocycles. The van der Waals surface area contributed by atoms with Crippen LogP contribution in [-0.2, 0) is 6.54 Å². The van der Waals surface area contributed by atoms with Gasteiger partial charge in [0.05, 0.1) is 11.4 Å². The Hall–Kier alpha value is -1.76. The van der Waals surface area contributed by atoms with Crippen molar-refractivity contribution in [2.24, 2.45) is 0 Å². The van der Waals surface area contributed by atoms with E-state index in [2.05, 4.69) is 5.32 Å². The predicted octanol–water partition coefficient (Wildman–Crippen LogP) is 5.54. The maximum atomic E-state index is 13.9. The minimum Gasteiger partial charge on any atom is -0.379 e. The van der Waals surface area contributed by atoms with E-state index in [0.29, 0.717) is 27.8 Å². The van der Waals surface area contributed by atoms with Crippen molar-refractivity contribution in [1.82, 2.24) is 0 Å². The molecule has 7 heteroatoms. The van der Waals surface area contributed by atoms with Crippen molar-refractivity contribution in [2.45, 2.75) is 24.5 Å². The van der Waals surface area contributed by atoms with Gasteiger partial charge < -0.3 is 5.32 Å². The van der Waals surface area contributed by atoms with Crippen molar-refractivity contribution in [1.29, 1.82) is 0 Å². The molecule has 0 aliphatic rings. The number of hydrogen-bond acceptors (Lipinski definition) is 2. The van der Waals surface area contributed by atoms with Crippen molar-refractivity contribution in [2.75, 3.05) is 11.1 Å². The van der Waals surface area contributed by atoms with Gasteiger partial charge in [-0.05, 0) is 42.3 Å². The Balaban J connectivity index is 2.12. The Morgan fingerprint density at radius 2 is 1.83 bits per heavy atom. The number of benzene rings is 2. The Morgan fingerprint density at radius 3 is 2.48 bits per heavy atom. The first-order valence-corrected chi connectivity index (χ1v) is 7.71. The zero-order chi connectivity index (χ0) is 17.0. The van der Waals surface area contributed by atoms with Crippen molar-refractivity contribution >= 4 is 17.4 Å². The van der Waals surface area contributed by atoms with E-state index >= 15 is 0 Å². The second-order valence-corrected chi connectivity index (χ2v) is 6.00. The summed E-state index contributed by atoms with van der Waals surface area (Å²) in [6.45, 7) is 1.72. The minimum absolute atomic E-state index is 0.0875. The normalized spacial score (nSPS) is 11.6. The summed E-state index contributed by atoms with van der Waals surface area (Å²) < 4.78 is 64.0. The molecule has 23 heavy (non-hydrogen) atoms. The lowest BCUT2D eigenvalue weighted by Gasteiger charge is -2.13. The van der Waals surface area contributed by atoms with Crippen LogP contribution in [0.1, 0.15) is 11.1 Å². The fourth-order valence-corrected chi connectivity index (χ4v) is 2.75. The molecule has 0 amide bonds. The highest BCUT2D eigenvalue weighted by Crippen LogP contribution is 2.32. The van der Waals surface area contributed by atoms with Gasteiger partial charge in [0.15, 0.2) is 0 Å². The van der Waals surface area contributed by atoms with E-state index < -0.39 is 23.6 Å². The number of anilines is 1. The number of halogens is 5. The zero-order valence-electron chi connectivity index (χ0n) is 12.2. The van der Waals surface area contributed by atoms with E-state index in [0.717, 1.165) is 0 Å². The first kappa shape index (κ1) is 17.6. The quantitative estimate of drug-likeness (QED) is 0.563. The zero-order valence-corrected chi connectivity index (χ0v) is 13.0.